The van der Waals surface area contributed by atoms with Crippen molar-refractivity contribution in [1.82, 2.24) is 5.32 Å². The van der Waals surface area contributed by atoms with Crippen molar-refractivity contribution in [3.63, 3.8) is 0 Å². The van der Waals surface area contributed by atoms with Gasteiger partial charge in [-0.2, -0.15) is 0 Å². The van der Waals surface area contributed by atoms with Gasteiger partial charge in [0.15, 0.2) is 0 Å². The fourth-order valence-corrected chi connectivity index (χ4v) is 4.32. The van der Waals surface area contributed by atoms with Gasteiger partial charge in [0, 0.05) is 32.0 Å². The Balaban J connectivity index is 1.49. The quantitative estimate of drug-likeness (QED) is 0.911. The van der Waals surface area contributed by atoms with Crippen LogP contribution in [-0.4, -0.2) is 32.3 Å². The topological polar surface area (TPSA) is 41.6 Å². The fourth-order valence-electron chi connectivity index (χ4n) is 4.32. The van der Waals surface area contributed by atoms with Gasteiger partial charge in [0.2, 0.25) is 0 Å². The molecule has 136 valence electrons. The van der Waals surface area contributed by atoms with E-state index >= 15 is 0 Å². The summed E-state index contributed by atoms with van der Waals surface area (Å²) in [5.41, 5.74) is 3.28. The van der Waals surface area contributed by atoms with Crippen molar-refractivity contribution in [2.45, 2.75) is 25.4 Å². The van der Waals surface area contributed by atoms with E-state index in [1.807, 2.05) is 43.4 Å². The van der Waals surface area contributed by atoms with E-state index < -0.39 is 0 Å². The lowest BCUT2D eigenvalue weighted by Gasteiger charge is -2.32. The highest BCUT2D eigenvalue weighted by Crippen LogP contribution is 2.36. The van der Waals surface area contributed by atoms with E-state index in [9.17, 15) is 4.79 Å². The maximum absolute atomic E-state index is 12.8. The van der Waals surface area contributed by atoms with Crippen LogP contribution >= 0.6 is 0 Å². The minimum Gasteiger partial charge on any atom is -0.445 e. The normalized spacial score (nSPS) is 24.3. The number of carbonyl (C=O) groups excluding carboxylic acids is 1. The highest BCUT2D eigenvalue weighted by atomic mass is 16.6. The second-order valence-corrected chi connectivity index (χ2v) is 7.45. The molecule has 0 aromatic heterocycles. The van der Waals surface area contributed by atoms with Gasteiger partial charge in [0.25, 0.3) is 0 Å². The van der Waals surface area contributed by atoms with Crippen LogP contribution in [0.25, 0.3) is 0 Å². The zero-order valence-electron chi connectivity index (χ0n) is 15.2. The minimum atomic E-state index is -0.241. The van der Waals surface area contributed by atoms with Gasteiger partial charge in [0.1, 0.15) is 6.10 Å². The Morgan fingerprint density at radius 3 is 2.42 bits per heavy atom. The Morgan fingerprint density at radius 2 is 1.69 bits per heavy atom. The van der Waals surface area contributed by atoms with Gasteiger partial charge < -0.3 is 10.1 Å². The first kappa shape index (κ1) is 17.1. The minimum absolute atomic E-state index is 0.0625. The molecule has 4 heteroatoms. The SMILES string of the molecule is CN(C(=O)OC1C2CCC1CNC2)c1ccccc1Cc1ccccc1. The van der Waals surface area contributed by atoms with Crippen LogP contribution in [0.4, 0.5) is 10.5 Å². The molecule has 2 bridgehead atoms. The van der Waals surface area contributed by atoms with Crippen LogP contribution in [0.1, 0.15) is 24.0 Å². The number of anilines is 1. The van der Waals surface area contributed by atoms with Gasteiger partial charge in [-0.25, -0.2) is 4.79 Å². The summed E-state index contributed by atoms with van der Waals surface area (Å²) < 4.78 is 5.95. The molecule has 1 heterocycles. The van der Waals surface area contributed by atoms with Crippen molar-refractivity contribution in [3.8, 4) is 0 Å². The molecule has 1 aliphatic carbocycles. The lowest BCUT2D eigenvalue weighted by Crippen LogP contribution is -2.45. The van der Waals surface area contributed by atoms with Crippen molar-refractivity contribution >= 4 is 11.8 Å². The number of benzene rings is 2. The predicted molar refractivity (Wildman–Crippen MR) is 103 cm³/mol. The molecule has 2 aliphatic rings. The zero-order valence-corrected chi connectivity index (χ0v) is 15.2. The number of nitrogens with one attached hydrogen (secondary N) is 1. The third-order valence-electron chi connectivity index (χ3n) is 5.75. The molecule has 1 aliphatic heterocycles. The predicted octanol–water partition coefficient (Wildman–Crippen LogP) is 3.85. The largest absolute Gasteiger partial charge is 0.445 e. The number of carbonyl (C=O) groups is 1. The molecule has 2 unspecified atom stereocenters. The summed E-state index contributed by atoms with van der Waals surface area (Å²) in [4.78, 5) is 14.5. The molecule has 0 spiro atoms. The summed E-state index contributed by atoms with van der Waals surface area (Å²) in [5.74, 6) is 0.927. The van der Waals surface area contributed by atoms with Crippen molar-refractivity contribution in [1.29, 1.82) is 0 Å². The van der Waals surface area contributed by atoms with Crippen molar-refractivity contribution in [2.24, 2.45) is 11.8 Å². The van der Waals surface area contributed by atoms with Gasteiger partial charge in [-0.3, -0.25) is 4.90 Å². The number of fused-ring (bicyclic) bond motifs is 2. The van der Waals surface area contributed by atoms with E-state index in [4.69, 9.17) is 4.74 Å². The monoisotopic (exact) mass is 350 g/mol. The molecule has 26 heavy (non-hydrogen) atoms. The maximum Gasteiger partial charge on any atom is 0.414 e. The third kappa shape index (κ3) is 3.47. The average Bonchev–Trinajstić information content (AvgIpc) is 2.89. The van der Waals surface area contributed by atoms with E-state index in [-0.39, 0.29) is 12.2 Å². The van der Waals surface area contributed by atoms with Gasteiger partial charge in [-0.05, 0) is 36.5 Å². The summed E-state index contributed by atoms with van der Waals surface area (Å²) in [6.45, 7) is 1.92. The number of para-hydroxylation sites is 1. The number of hydrogen-bond acceptors (Lipinski definition) is 3. The summed E-state index contributed by atoms with van der Waals surface area (Å²) in [5, 5.41) is 3.44. The lowest BCUT2D eigenvalue weighted by molar-refractivity contribution is 0.0415. The molecule has 1 amide bonds. The standard InChI is InChI=1S/C22H26N2O2/c1-24(22(25)26-21-18-11-12-19(21)15-23-14-18)20-10-6-5-9-17(20)13-16-7-3-2-4-8-16/h2-10,18-19,21,23H,11-15H2,1H3. The number of amides is 1. The highest BCUT2D eigenvalue weighted by molar-refractivity contribution is 5.88. The Bertz CT molecular complexity index is 746. The molecule has 2 aromatic carbocycles. The Labute approximate surface area is 155 Å². The average molecular weight is 350 g/mol. The van der Waals surface area contributed by atoms with Crippen LogP contribution in [-0.2, 0) is 11.2 Å². The summed E-state index contributed by atoms with van der Waals surface area (Å²) in [6.07, 6.45) is 2.93. The van der Waals surface area contributed by atoms with E-state index in [1.165, 1.54) is 5.56 Å². The molecule has 0 radical (unpaired) electrons. The summed E-state index contributed by atoms with van der Waals surface area (Å²) >= 11 is 0. The first-order chi connectivity index (χ1) is 12.7. The molecule has 4 rings (SSSR count). The number of rotatable bonds is 4. The molecular weight excluding hydrogens is 324 g/mol. The van der Waals surface area contributed by atoms with Gasteiger partial charge >= 0.3 is 6.09 Å². The van der Waals surface area contributed by atoms with Crippen LogP contribution in [0.5, 0.6) is 0 Å². The zero-order chi connectivity index (χ0) is 17.9. The summed E-state index contributed by atoms with van der Waals surface area (Å²) in [7, 11) is 1.81. The van der Waals surface area contributed by atoms with Crippen LogP contribution in [0.15, 0.2) is 54.6 Å². The molecule has 2 fully saturated rings. The van der Waals surface area contributed by atoms with Crippen molar-refractivity contribution < 1.29 is 9.53 Å². The highest BCUT2D eigenvalue weighted by Gasteiger charge is 2.42. The van der Waals surface area contributed by atoms with Gasteiger partial charge in [-0.1, -0.05) is 48.5 Å². The van der Waals surface area contributed by atoms with E-state index in [1.54, 1.807) is 4.90 Å². The first-order valence-corrected chi connectivity index (χ1v) is 9.49. The fraction of sp³-hybridized carbons (Fsp3) is 0.409. The Kier molecular flexibility index (Phi) is 4.93. The van der Waals surface area contributed by atoms with Crippen LogP contribution < -0.4 is 10.2 Å². The maximum atomic E-state index is 12.8. The van der Waals surface area contributed by atoms with Crippen LogP contribution in [0.2, 0.25) is 0 Å². The number of ether oxygens (including phenoxy) is 1. The molecular formula is C22H26N2O2. The smallest absolute Gasteiger partial charge is 0.414 e. The van der Waals surface area contributed by atoms with Crippen LogP contribution in [0.3, 0.4) is 0 Å². The second-order valence-electron chi connectivity index (χ2n) is 7.45. The lowest BCUT2D eigenvalue weighted by atomic mass is 9.97. The Hall–Kier alpha value is -2.33. The van der Waals surface area contributed by atoms with E-state index in [0.29, 0.717) is 11.8 Å². The first-order valence-electron chi connectivity index (χ1n) is 9.49. The number of hydrogen-bond donors (Lipinski definition) is 1. The number of piperidine rings is 1. The Morgan fingerprint density at radius 1 is 1.04 bits per heavy atom. The second kappa shape index (κ2) is 7.50. The van der Waals surface area contributed by atoms with E-state index in [0.717, 1.165) is 43.6 Å². The molecule has 4 nitrogen and oxygen atoms in total. The van der Waals surface area contributed by atoms with Gasteiger partial charge in [0.05, 0.1) is 5.69 Å². The third-order valence-corrected chi connectivity index (χ3v) is 5.75. The van der Waals surface area contributed by atoms with Crippen LogP contribution in [0, 0.1) is 11.8 Å². The molecule has 1 saturated carbocycles. The molecule has 2 aromatic rings. The number of nitrogens with zero attached hydrogens (tertiary/aromatic N) is 1. The molecule has 1 saturated heterocycles. The van der Waals surface area contributed by atoms with Crippen molar-refractivity contribution in [2.75, 3.05) is 25.0 Å². The summed E-state index contributed by atoms with van der Waals surface area (Å²) in [6, 6.07) is 18.4. The van der Waals surface area contributed by atoms with Crippen molar-refractivity contribution in [3.05, 3.63) is 65.7 Å². The molecule has 2 atom stereocenters. The van der Waals surface area contributed by atoms with E-state index in [2.05, 4.69) is 23.5 Å². The molecule has 1 N–H and O–H groups in total. The van der Waals surface area contributed by atoms with Gasteiger partial charge in [-0.15, -0.1) is 0 Å².